The van der Waals surface area contributed by atoms with Gasteiger partial charge in [-0.1, -0.05) is 25.2 Å². The van der Waals surface area contributed by atoms with E-state index in [9.17, 15) is 9.59 Å². The van der Waals surface area contributed by atoms with Crippen LogP contribution in [0.25, 0.3) is 0 Å². The van der Waals surface area contributed by atoms with E-state index in [0.29, 0.717) is 0 Å². The van der Waals surface area contributed by atoms with Gasteiger partial charge in [0.1, 0.15) is 0 Å². The maximum absolute atomic E-state index is 9.75. The Morgan fingerprint density at radius 3 is 1.87 bits per heavy atom. The number of carbonyl (C=O) groups is 2. The Labute approximate surface area is 167 Å². The third kappa shape index (κ3) is 39.3. The van der Waals surface area contributed by atoms with Crippen LogP contribution < -0.4 is 51.4 Å². The summed E-state index contributed by atoms with van der Waals surface area (Å²) in [4.78, 5) is 19.1. The smallest absolute Gasteiger partial charge is 1.00 e. The number of carboxylic acid groups (broad SMARTS) is 2. The van der Waals surface area contributed by atoms with Gasteiger partial charge in [0.25, 0.3) is 0 Å². The van der Waals surface area contributed by atoms with E-state index in [4.69, 9.17) is 10.2 Å². The predicted molar refractivity (Wildman–Crippen MR) is 58.6 cm³/mol. The van der Waals surface area contributed by atoms with Gasteiger partial charge in [-0.3, -0.25) is 4.79 Å². The molecule has 0 amide bonds. The topological polar surface area (TPSA) is 74.6 Å². The average molecular weight is 268 g/mol. The SMILES string of the molecule is C/C=C/C=C/C(=O)O.CCC(=O)O.[Ca+2].[H-].[H-].[H-].[K+]. The van der Waals surface area contributed by atoms with Crippen LogP contribution >= 0.6 is 0 Å². The fourth-order valence-corrected chi connectivity index (χ4v) is 0.249. The van der Waals surface area contributed by atoms with E-state index in [1.165, 1.54) is 6.08 Å². The molecular weight excluding hydrogens is 251 g/mol. The van der Waals surface area contributed by atoms with E-state index in [1.807, 2.05) is 6.92 Å². The van der Waals surface area contributed by atoms with Gasteiger partial charge in [0.05, 0.1) is 0 Å². The molecule has 0 aromatic carbocycles. The van der Waals surface area contributed by atoms with Gasteiger partial charge in [-0.2, -0.15) is 0 Å². The molecule has 0 saturated carbocycles. The van der Waals surface area contributed by atoms with Crippen molar-refractivity contribution in [2.24, 2.45) is 0 Å². The zero-order valence-corrected chi connectivity index (χ0v) is 14.8. The van der Waals surface area contributed by atoms with Crippen LogP contribution in [0, 0.1) is 0 Å². The summed E-state index contributed by atoms with van der Waals surface area (Å²) in [5.41, 5.74) is 0. The first-order valence-corrected chi connectivity index (χ1v) is 3.78. The molecule has 80 valence electrons. The molecule has 0 rings (SSSR count). The van der Waals surface area contributed by atoms with Gasteiger partial charge in [0.2, 0.25) is 0 Å². The second-order valence-corrected chi connectivity index (χ2v) is 1.97. The standard InChI is InChI=1S/C6H8O2.C3H6O2.Ca.K.3H/c1-2-3-4-5-6(7)8;1-2-3(4)5;;;;;/h2-5H,1H3,(H,7,8);2H2,1H3,(H,4,5);;;;;/q;;+2;+1;3*-1/b3-2+,5-4+;;;;;;. The van der Waals surface area contributed by atoms with Gasteiger partial charge in [0, 0.05) is 12.5 Å². The summed E-state index contributed by atoms with van der Waals surface area (Å²) in [7, 11) is 0. The first kappa shape index (κ1) is 25.2. The summed E-state index contributed by atoms with van der Waals surface area (Å²) >= 11 is 0. The minimum absolute atomic E-state index is 0. The number of allylic oxidation sites excluding steroid dienone is 3. The molecule has 0 radical (unpaired) electrons. The Bertz CT molecular complexity index is 226. The van der Waals surface area contributed by atoms with Crippen molar-refractivity contribution in [2.45, 2.75) is 20.3 Å². The molecule has 0 unspecified atom stereocenters. The van der Waals surface area contributed by atoms with Crippen LogP contribution in [0.2, 0.25) is 0 Å². The van der Waals surface area contributed by atoms with Gasteiger partial charge in [-0.15, -0.1) is 0 Å². The molecule has 0 aromatic rings. The van der Waals surface area contributed by atoms with Gasteiger partial charge in [0.15, 0.2) is 0 Å². The summed E-state index contributed by atoms with van der Waals surface area (Å²) in [6.07, 6.45) is 6.20. The van der Waals surface area contributed by atoms with Crippen LogP contribution in [-0.2, 0) is 9.59 Å². The molecular formula is C9H17CaKO4. The molecule has 0 saturated heterocycles. The third-order valence-electron chi connectivity index (χ3n) is 0.845. The molecule has 0 spiro atoms. The zero-order valence-electron chi connectivity index (χ0n) is 12.4. The molecule has 4 nitrogen and oxygen atoms in total. The summed E-state index contributed by atoms with van der Waals surface area (Å²) < 4.78 is 0. The van der Waals surface area contributed by atoms with Crippen molar-refractivity contribution in [3.8, 4) is 0 Å². The van der Waals surface area contributed by atoms with Crippen LogP contribution in [0.5, 0.6) is 0 Å². The Morgan fingerprint density at radius 2 is 1.67 bits per heavy atom. The predicted octanol–water partition coefficient (Wildman–Crippen LogP) is -1.35. The first-order valence-electron chi connectivity index (χ1n) is 3.78. The molecule has 0 fully saturated rings. The van der Waals surface area contributed by atoms with Crippen molar-refractivity contribution in [3.63, 3.8) is 0 Å². The third-order valence-corrected chi connectivity index (χ3v) is 0.845. The first-order chi connectivity index (χ1) is 6.04. The Hall–Kier alpha value is 1.32. The van der Waals surface area contributed by atoms with Crippen molar-refractivity contribution < 1.29 is 75.5 Å². The van der Waals surface area contributed by atoms with Gasteiger partial charge in [-0.25, -0.2) is 4.79 Å². The summed E-state index contributed by atoms with van der Waals surface area (Å²) in [6.45, 7) is 3.43. The molecule has 0 aliphatic heterocycles. The molecule has 0 aliphatic rings. The van der Waals surface area contributed by atoms with E-state index in [-0.39, 0.29) is 99.8 Å². The minimum atomic E-state index is -0.914. The van der Waals surface area contributed by atoms with Crippen LogP contribution in [0.3, 0.4) is 0 Å². The monoisotopic (exact) mass is 268 g/mol. The van der Waals surface area contributed by atoms with E-state index in [2.05, 4.69) is 0 Å². The molecule has 0 heterocycles. The van der Waals surface area contributed by atoms with Crippen LogP contribution in [0.1, 0.15) is 24.5 Å². The summed E-state index contributed by atoms with van der Waals surface area (Å²) in [5, 5.41) is 15.7. The molecule has 2 N–H and O–H groups in total. The van der Waals surface area contributed by atoms with Crippen molar-refractivity contribution in [1.29, 1.82) is 0 Å². The Balaban J connectivity index is -0.0000000222. The second-order valence-electron chi connectivity index (χ2n) is 1.97. The van der Waals surface area contributed by atoms with Crippen molar-refractivity contribution in [1.82, 2.24) is 0 Å². The van der Waals surface area contributed by atoms with Crippen molar-refractivity contribution >= 4 is 49.7 Å². The normalized spacial score (nSPS) is 8.40. The number of hydrogen-bond donors (Lipinski definition) is 2. The number of hydrogen-bond acceptors (Lipinski definition) is 2. The van der Waals surface area contributed by atoms with Crippen LogP contribution in [0.4, 0.5) is 0 Å². The zero-order chi connectivity index (χ0) is 10.7. The van der Waals surface area contributed by atoms with E-state index in [1.54, 1.807) is 19.1 Å². The minimum Gasteiger partial charge on any atom is -1.00 e. The quantitative estimate of drug-likeness (QED) is 0.377. The van der Waals surface area contributed by atoms with Crippen LogP contribution in [-0.4, -0.2) is 59.9 Å². The summed E-state index contributed by atoms with van der Waals surface area (Å²) in [6, 6.07) is 0. The largest absolute Gasteiger partial charge is 2.00 e. The van der Waals surface area contributed by atoms with Gasteiger partial charge >= 0.3 is 101 Å². The summed E-state index contributed by atoms with van der Waals surface area (Å²) in [5.74, 6) is -1.66. The Kier molecular flexibility index (Phi) is 34.8. The van der Waals surface area contributed by atoms with Crippen molar-refractivity contribution in [2.75, 3.05) is 0 Å². The maximum atomic E-state index is 9.75. The second kappa shape index (κ2) is 20.7. The molecule has 0 bridgehead atoms. The molecule has 0 atom stereocenters. The van der Waals surface area contributed by atoms with E-state index < -0.39 is 11.9 Å². The number of rotatable bonds is 3. The number of aliphatic carboxylic acids is 2. The Morgan fingerprint density at radius 1 is 1.27 bits per heavy atom. The van der Waals surface area contributed by atoms with Crippen molar-refractivity contribution in [3.05, 3.63) is 24.3 Å². The fraction of sp³-hybridized carbons (Fsp3) is 0.333. The molecule has 0 aromatic heterocycles. The molecule has 0 aliphatic carbocycles. The van der Waals surface area contributed by atoms with Gasteiger partial charge < -0.3 is 14.5 Å². The maximum Gasteiger partial charge on any atom is 2.00 e. The average Bonchev–Trinajstić information content (AvgIpc) is 2.05. The molecule has 6 heteroatoms. The molecule has 15 heavy (non-hydrogen) atoms. The number of carboxylic acids is 2. The fourth-order valence-electron chi connectivity index (χ4n) is 0.249. The van der Waals surface area contributed by atoms with Crippen LogP contribution in [0.15, 0.2) is 24.3 Å². The van der Waals surface area contributed by atoms with E-state index >= 15 is 0 Å². The van der Waals surface area contributed by atoms with E-state index in [0.717, 1.165) is 6.08 Å². The van der Waals surface area contributed by atoms with Gasteiger partial charge in [-0.05, 0) is 6.92 Å².